The number of furan rings is 1. The molecule has 5 heterocycles. The summed E-state index contributed by atoms with van der Waals surface area (Å²) in [7, 11) is 0. The molecule has 13 rings (SSSR count). The number of rotatable bonds is 6. The van der Waals surface area contributed by atoms with Crippen LogP contribution in [0.5, 0.6) is 0 Å². The van der Waals surface area contributed by atoms with Crippen molar-refractivity contribution < 1.29 is 4.42 Å². The summed E-state index contributed by atoms with van der Waals surface area (Å²) in [6, 6.07) is 67.9. The van der Waals surface area contributed by atoms with Crippen LogP contribution < -0.4 is 0 Å². The average molecular weight is 819 g/mol. The zero-order chi connectivity index (χ0) is 42.1. The van der Waals surface area contributed by atoms with Crippen LogP contribution in [0, 0.1) is 0 Å². The summed E-state index contributed by atoms with van der Waals surface area (Å²) in [6.45, 7) is 0. The highest BCUT2D eigenvalue weighted by molar-refractivity contribution is 6.09. The van der Waals surface area contributed by atoms with Gasteiger partial charge in [-0.2, -0.15) is 0 Å². The Balaban J connectivity index is 0.863. The van der Waals surface area contributed by atoms with Crippen LogP contribution in [0.4, 0.5) is 0 Å². The second-order valence-corrected chi connectivity index (χ2v) is 16.2. The fourth-order valence-electron chi connectivity index (χ4n) is 9.12. The molecule has 0 N–H and O–H groups in total. The summed E-state index contributed by atoms with van der Waals surface area (Å²) < 4.78 is 8.48. The van der Waals surface area contributed by atoms with Crippen molar-refractivity contribution in [3.05, 3.63) is 207 Å². The molecule has 0 bridgehead atoms. The summed E-state index contributed by atoms with van der Waals surface area (Å²) in [5.41, 5.74) is 12.8. The first kappa shape index (κ1) is 35.9. The van der Waals surface area contributed by atoms with Crippen molar-refractivity contribution in [3.63, 3.8) is 0 Å². The van der Waals surface area contributed by atoms with Gasteiger partial charge in [0.25, 0.3) is 0 Å². The maximum atomic E-state index is 6.14. The lowest BCUT2D eigenvalue weighted by molar-refractivity contribution is 0.651. The monoisotopic (exact) mass is 818 g/mol. The molecule has 0 spiro atoms. The van der Waals surface area contributed by atoms with Gasteiger partial charge < -0.3 is 8.98 Å². The van der Waals surface area contributed by atoms with E-state index in [1.165, 1.54) is 26.9 Å². The largest absolute Gasteiger partial charge is 0.434 e. The summed E-state index contributed by atoms with van der Waals surface area (Å²) in [4.78, 5) is 24.8. The predicted molar refractivity (Wildman–Crippen MR) is 259 cm³/mol. The van der Waals surface area contributed by atoms with Crippen LogP contribution in [0.3, 0.4) is 0 Å². The molecule has 0 saturated heterocycles. The number of nitrogens with zero attached hydrogens (tertiary/aromatic N) is 6. The van der Waals surface area contributed by atoms with Crippen LogP contribution in [-0.2, 0) is 0 Å². The van der Waals surface area contributed by atoms with Gasteiger partial charge in [-0.15, -0.1) is 0 Å². The lowest BCUT2D eigenvalue weighted by Gasteiger charge is -2.12. The van der Waals surface area contributed by atoms with E-state index in [4.69, 9.17) is 29.3 Å². The van der Waals surface area contributed by atoms with Gasteiger partial charge in [0.15, 0.2) is 17.2 Å². The van der Waals surface area contributed by atoms with Gasteiger partial charge in [-0.3, -0.25) is 0 Å². The molecule has 0 radical (unpaired) electrons. The molecule has 0 unspecified atom stereocenters. The number of pyridine rings is 1. The van der Waals surface area contributed by atoms with E-state index in [-0.39, 0.29) is 0 Å². The van der Waals surface area contributed by atoms with Crippen LogP contribution in [0.2, 0.25) is 0 Å². The van der Waals surface area contributed by atoms with E-state index in [0.29, 0.717) is 22.9 Å². The lowest BCUT2D eigenvalue weighted by Crippen LogP contribution is -1.97. The van der Waals surface area contributed by atoms with Gasteiger partial charge >= 0.3 is 0 Å². The molecule has 298 valence electrons. The van der Waals surface area contributed by atoms with Gasteiger partial charge in [0.05, 0.1) is 34.0 Å². The Hall–Kier alpha value is -8.81. The highest BCUT2D eigenvalue weighted by Gasteiger charge is 2.17. The van der Waals surface area contributed by atoms with Crippen molar-refractivity contribution in [2.45, 2.75) is 0 Å². The Morgan fingerprint density at radius 3 is 1.78 bits per heavy atom. The summed E-state index contributed by atoms with van der Waals surface area (Å²) in [6.07, 6.45) is 3.60. The number of fused-ring (bicyclic) bond motifs is 8. The molecule has 0 amide bonds. The summed E-state index contributed by atoms with van der Waals surface area (Å²) >= 11 is 0. The molecule has 0 aliphatic rings. The van der Waals surface area contributed by atoms with Crippen molar-refractivity contribution in [1.29, 1.82) is 0 Å². The molecule has 0 aliphatic carbocycles. The first-order valence-electron chi connectivity index (χ1n) is 21.3. The first-order chi connectivity index (χ1) is 31.7. The SMILES string of the molecule is c1ccc(-c2nc(-c3ccc(-c4cnc5oc6cnc(-c7ccc8cc9ccccc9cc8c7)nc6c5c4)cc3)cc(-c3cccc(-n4c5ccccc5c5ccccc54)c3)n2)cc1. The van der Waals surface area contributed by atoms with Crippen LogP contribution in [-0.4, -0.2) is 29.5 Å². The molecule has 13 aromatic rings. The third-order valence-electron chi connectivity index (χ3n) is 12.3. The second kappa shape index (κ2) is 14.4. The normalized spacial score (nSPS) is 11.8. The minimum absolute atomic E-state index is 0.524. The Morgan fingerprint density at radius 2 is 1.00 bits per heavy atom. The van der Waals surface area contributed by atoms with E-state index in [1.807, 2.05) is 24.4 Å². The van der Waals surface area contributed by atoms with Gasteiger partial charge in [-0.25, -0.2) is 24.9 Å². The lowest BCUT2D eigenvalue weighted by atomic mass is 10.0. The van der Waals surface area contributed by atoms with Gasteiger partial charge in [-0.05, 0) is 81.7 Å². The van der Waals surface area contributed by atoms with Crippen LogP contribution >= 0.6 is 0 Å². The molecule has 0 fully saturated rings. The third kappa shape index (κ3) is 6.02. The zero-order valence-electron chi connectivity index (χ0n) is 34.2. The highest BCUT2D eigenvalue weighted by Crippen LogP contribution is 2.36. The Morgan fingerprint density at radius 1 is 0.359 bits per heavy atom. The molecular weight excluding hydrogens is 785 g/mol. The van der Waals surface area contributed by atoms with E-state index in [1.54, 1.807) is 6.20 Å². The Labute approximate surface area is 366 Å². The van der Waals surface area contributed by atoms with Gasteiger partial charge in [0.1, 0.15) is 5.52 Å². The zero-order valence-corrected chi connectivity index (χ0v) is 34.2. The molecule has 7 nitrogen and oxygen atoms in total. The number of hydrogen-bond donors (Lipinski definition) is 0. The van der Waals surface area contributed by atoms with E-state index < -0.39 is 0 Å². The standard InChI is InChI=1S/C57H34N6O/c1-2-11-37(12-3-1)56-60-49(32-50(61-56)41-15-10-16-45(30-41)63-51-19-8-6-17-46(51)47-18-7-9-20-52(47)63)36-23-21-35(22-24-36)44-31-48-54-53(64-57(48)59-33-44)34-58-55(62-54)42-26-25-40-27-38-13-4-5-14-39(38)28-43(40)29-42/h1-34H. The van der Waals surface area contributed by atoms with Crippen LogP contribution in [0.1, 0.15) is 0 Å². The number of para-hydroxylation sites is 2. The Kier molecular flexibility index (Phi) is 8.08. The number of hydrogen-bond acceptors (Lipinski definition) is 6. The third-order valence-corrected chi connectivity index (χ3v) is 12.3. The summed E-state index contributed by atoms with van der Waals surface area (Å²) in [5, 5.41) is 8.03. The van der Waals surface area contributed by atoms with E-state index in [0.717, 1.165) is 77.8 Å². The maximum Gasteiger partial charge on any atom is 0.229 e. The number of benzene rings is 8. The molecule has 0 saturated carbocycles. The minimum atomic E-state index is 0.524. The van der Waals surface area contributed by atoms with Gasteiger partial charge in [0.2, 0.25) is 5.71 Å². The second-order valence-electron chi connectivity index (χ2n) is 16.2. The van der Waals surface area contributed by atoms with Crippen molar-refractivity contribution in [2.75, 3.05) is 0 Å². The Bertz CT molecular complexity index is 3910. The quantitative estimate of drug-likeness (QED) is 0.155. The molecular formula is C57H34N6O. The molecule has 64 heavy (non-hydrogen) atoms. The predicted octanol–water partition coefficient (Wildman–Crippen LogP) is 14.3. The topological polar surface area (TPSA) is 82.5 Å². The maximum absolute atomic E-state index is 6.14. The highest BCUT2D eigenvalue weighted by atomic mass is 16.3. The first-order valence-corrected chi connectivity index (χ1v) is 21.3. The van der Waals surface area contributed by atoms with E-state index in [9.17, 15) is 0 Å². The fraction of sp³-hybridized carbons (Fsp3) is 0. The minimum Gasteiger partial charge on any atom is -0.434 e. The average Bonchev–Trinajstić information content (AvgIpc) is 3.91. The smallest absolute Gasteiger partial charge is 0.229 e. The van der Waals surface area contributed by atoms with Crippen LogP contribution in [0.25, 0.3) is 128 Å². The molecule has 8 aromatic carbocycles. The van der Waals surface area contributed by atoms with Crippen LogP contribution in [0.15, 0.2) is 211 Å². The van der Waals surface area contributed by atoms with Crippen molar-refractivity contribution in [2.24, 2.45) is 0 Å². The fourth-order valence-corrected chi connectivity index (χ4v) is 9.12. The molecule has 5 aromatic heterocycles. The molecule has 7 heteroatoms. The molecule has 0 atom stereocenters. The summed E-state index contributed by atoms with van der Waals surface area (Å²) in [5.74, 6) is 1.30. The van der Waals surface area contributed by atoms with Gasteiger partial charge in [0, 0.05) is 50.5 Å². The van der Waals surface area contributed by atoms with Gasteiger partial charge in [-0.1, -0.05) is 140 Å². The van der Waals surface area contributed by atoms with Crippen molar-refractivity contribution in [1.82, 2.24) is 29.5 Å². The molecule has 0 aliphatic heterocycles. The van der Waals surface area contributed by atoms with Crippen molar-refractivity contribution in [3.8, 4) is 62.1 Å². The van der Waals surface area contributed by atoms with E-state index in [2.05, 4.69) is 180 Å². The van der Waals surface area contributed by atoms with E-state index >= 15 is 0 Å². The van der Waals surface area contributed by atoms with Crippen molar-refractivity contribution >= 4 is 65.6 Å². The number of aromatic nitrogens is 6.